The van der Waals surface area contributed by atoms with E-state index in [2.05, 4.69) is 4.98 Å². The first kappa shape index (κ1) is 15.3. The number of piperidine rings is 1. The number of thiocarbonyl (C=S) groups is 1. The lowest BCUT2D eigenvalue weighted by Gasteiger charge is -2.34. The Hall–Kier alpha value is -1.05. The lowest BCUT2D eigenvalue weighted by atomic mass is 10.0. The van der Waals surface area contributed by atoms with Crippen LogP contribution in [0.1, 0.15) is 38.3 Å². The summed E-state index contributed by atoms with van der Waals surface area (Å²) in [6.07, 6.45) is 5.17. The molecule has 1 fully saturated rings. The molecular weight excluding hydrogens is 294 g/mol. The predicted octanol–water partition coefficient (Wildman–Crippen LogP) is 1.67. The van der Waals surface area contributed by atoms with Crippen molar-refractivity contribution >= 4 is 27.2 Å². The van der Waals surface area contributed by atoms with Crippen molar-refractivity contribution in [3.8, 4) is 0 Å². The van der Waals surface area contributed by atoms with Gasteiger partial charge in [0.1, 0.15) is 15.6 Å². The highest BCUT2D eigenvalue weighted by Gasteiger charge is 2.34. The molecule has 1 saturated heterocycles. The molecule has 2 N–H and O–H groups in total. The van der Waals surface area contributed by atoms with Gasteiger partial charge in [0.05, 0.1) is 0 Å². The second-order valence-corrected chi connectivity index (χ2v) is 7.19. The van der Waals surface area contributed by atoms with E-state index >= 15 is 0 Å². The van der Waals surface area contributed by atoms with Crippen LogP contribution >= 0.6 is 12.2 Å². The second kappa shape index (κ2) is 6.15. The average Bonchev–Trinajstić information content (AvgIpc) is 2.47. The quantitative estimate of drug-likeness (QED) is 0.856. The first-order valence-electron chi connectivity index (χ1n) is 6.75. The highest BCUT2D eigenvalue weighted by atomic mass is 32.2. The summed E-state index contributed by atoms with van der Waals surface area (Å²) < 4.78 is 27.3. The molecular formula is C13H19N3O2S2. The Kier molecular flexibility index (Phi) is 4.72. The van der Waals surface area contributed by atoms with Gasteiger partial charge in [-0.1, -0.05) is 25.6 Å². The van der Waals surface area contributed by atoms with Gasteiger partial charge < -0.3 is 5.73 Å². The van der Waals surface area contributed by atoms with Crippen LogP contribution in [-0.2, 0) is 10.0 Å². The fourth-order valence-electron chi connectivity index (χ4n) is 2.61. The third-order valence-electron chi connectivity index (χ3n) is 3.64. The molecule has 2 heterocycles. The molecule has 5 nitrogen and oxygen atoms in total. The monoisotopic (exact) mass is 313 g/mol. The summed E-state index contributed by atoms with van der Waals surface area (Å²) in [5, 5.41) is 0. The molecule has 0 spiro atoms. The van der Waals surface area contributed by atoms with Crippen molar-refractivity contribution in [2.24, 2.45) is 5.73 Å². The predicted molar refractivity (Wildman–Crippen MR) is 81.9 cm³/mol. The molecule has 1 unspecified atom stereocenters. The maximum Gasteiger partial charge on any atom is 0.245 e. The molecule has 0 aliphatic carbocycles. The molecule has 1 aromatic heterocycles. The number of nitrogens with two attached hydrogens (primary N) is 1. The van der Waals surface area contributed by atoms with Crippen molar-refractivity contribution in [3.05, 3.63) is 24.0 Å². The molecule has 1 aliphatic rings. The van der Waals surface area contributed by atoms with E-state index in [-0.39, 0.29) is 21.6 Å². The van der Waals surface area contributed by atoms with Gasteiger partial charge in [0.25, 0.3) is 0 Å². The summed E-state index contributed by atoms with van der Waals surface area (Å²) >= 11 is 4.91. The van der Waals surface area contributed by atoms with Gasteiger partial charge in [0.15, 0.2) is 0 Å². The summed E-state index contributed by atoms with van der Waals surface area (Å²) in [5.74, 6) is 0. The van der Waals surface area contributed by atoms with Gasteiger partial charge in [-0.2, -0.15) is 4.31 Å². The van der Waals surface area contributed by atoms with Crippen LogP contribution in [0.2, 0.25) is 0 Å². The fraction of sp³-hybridized carbons (Fsp3) is 0.538. The van der Waals surface area contributed by atoms with E-state index in [1.165, 1.54) is 12.3 Å². The molecule has 0 saturated carbocycles. The molecule has 0 amide bonds. The van der Waals surface area contributed by atoms with Crippen LogP contribution in [0.3, 0.4) is 0 Å². The van der Waals surface area contributed by atoms with Gasteiger partial charge in [-0.3, -0.25) is 4.98 Å². The molecule has 0 radical (unpaired) electrons. The minimum atomic E-state index is -3.60. The molecule has 0 aromatic carbocycles. The second-order valence-electron chi connectivity index (χ2n) is 4.89. The molecule has 2 rings (SSSR count). The summed E-state index contributed by atoms with van der Waals surface area (Å²) in [7, 11) is -3.60. The maximum atomic E-state index is 12.9. The summed E-state index contributed by atoms with van der Waals surface area (Å²) in [6.45, 7) is 2.56. The molecule has 110 valence electrons. The zero-order valence-corrected chi connectivity index (χ0v) is 13.1. The molecule has 1 aromatic rings. The Morgan fingerprint density at radius 3 is 2.95 bits per heavy atom. The Labute approximate surface area is 125 Å². The van der Waals surface area contributed by atoms with Crippen LogP contribution in [0, 0.1) is 0 Å². The molecule has 20 heavy (non-hydrogen) atoms. The van der Waals surface area contributed by atoms with Crippen molar-refractivity contribution in [1.29, 1.82) is 0 Å². The summed E-state index contributed by atoms with van der Waals surface area (Å²) in [5.41, 5.74) is 5.78. The van der Waals surface area contributed by atoms with Gasteiger partial charge >= 0.3 is 0 Å². The smallest absolute Gasteiger partial charge is 0.245 e. The first-order valence-corrected chi connectivity index (χ1v) is 8.60. The van der Waals surface area contributed by atoms with Crippen LogP contribution in [-0.4, -0.2) is 35.3 Å². The van der Waals surface area contributed by atoms with E-state index in [9.17, 15) is 8.42 Å². The van der Waals surface area contributed by atoms with Crippen LogP contribution in [0.25, 0.3) is 0 Å². The topological polar surface area (TPSA) is 76.3 Å². The molecule has 7 heteroatoms. The fourth-order valence-corrected chi connectivity index (χ4v) is 4.76. The lowest BCUT2D eigenvalue weighted by molar-refractivity contribution is 0.246. The van der Waals surface area contributed by atoms with Crippen molar-refractivity contribution in [2.75, 3.05) is 6.54 Å². The standard InChI is InChI=1S/C13H19N3O2S2/c1-2-10-6-3-4-9-16(10)20(17,18)11-7-5-8-15-12(11)13(14)19/h5,7-8,10H,2-4,6,9H2,1H3,(H2,14,19). The Morgan fingerprint density at radius 2 is 2.30 bits per heavy atom. The number of hydrogen-bond donors (Lipinski definition) is 1. The third kappa shape index (κ3) is 2.84. The highest BCUT2D eigenvalue weighted by molar-refractivity contribution is 7.89. The zero-order valence-electron chi connectivity index (χ0n) is 11.4. The Balaban J connectivity index is 2.47. The molecule has 1 atom stereocenters. The van der Waals surface area contributed by atoms with Gasteiger partial charge in [0, 0.05) is 18.8 Å². The van der Waals surface area contributed by atoms with E-state index in [1.807, 2.05) is 6.92 Å². The SMILES string of the molecule is CCC1CCCCN1S(=O)(=O)c1cccnc1C(N)=S. The van der Waals surface area contributed by atoms with E-state index in [0.29, 0.717) is 6.54 Å². The van der Waals surface area contributed by atoms with Crippen molar-refractivity contribution in [1.82, 2.24) is 9.29 Å². The van der Waals surface area contributed by atoms with E-state index in [4.69, 9.17) is 18.0 Å². The Bertz CT molecular complexity index is 601. The normalized spacial score (nSPS) is 20.8. The lowest BCUT2D eigenvalue weighted by Crippen LogP contribution is -2.43. The van der Waals surface area contributed by atoms with Gasteiger partial charge in [-0.25, -0.2) is 8.42 Å². The van der Waals surface area contributed by atoms with Crippen LogP contribution < -0.4 is 5.73 Å². The number of hydrogen-bond acceptors (Lipinski definition) is 4. The summed E-state index contributed by atoms with van der Waals surface area (Å²) in [6, 6.07) is 3.17. The van der Waals surface area contributed by atoms with Gasteiger partial charge in [-0.05, 0) is 31.4 Å². The molecule has 0 bridgehead atoms. The maximum absolute atomic E-state index is 12.9. The van der Waals surface area contributed by atoms with Crippen LogP contribution in [0.4, 0.5) is 0 Å². The average molecular weight is 313 g/mol. The molecule has 1 aliphatic heterocycles. The number of sulfonamides is 1. The number of pyridine rings is 1. The Morgan fingerprint density at radius 1 is 1.55 bits per heavy atom. The van der Waals surface area contributed by atoms with Crippen molar-refractivity contribution < 1.29 is 8.42 Å². The van der Waals surface area contributed by atoms with Crippen LogP contribution in [0.5, 0.6) is 0 Å². The number of rotatable bonds is 4. The van der Waals surface area contributed by atoms with Crippen molar-refractivity contribution in [2.45, 2.75) is 43.5 Å². The summed E-state index contributed by atoms with van der Waals surface area (Å²) in [4.78, 5) is 4.15. The van der Waals surface area contributed by atoms with E-state index in [1.54, 1.807) is 10.4 Å². The minimum Gasteiger partial charge on any atom is -0.388 e. The first-order chi connectivity index (χ1) is 9.48. The largest absolute Gasteiger partial charge is 0.388 e. The third-order valence-corrected chi connectivity index (χ3v) is 5.81. The highest BCUT2D eigenvalue weighted by Crippen LogP contribution is 2.27. The van der Waals surface area contributed by atoms with Gasteiger partial charge in [-0.15, -0.1) is 0 Å². The van der Waals surface area contributed by atoms with E-state index in [0.717, 1.165) is 25.7 Å². The van der Waals surface area contributed by atoms with E-state index < -0.39 is 10.0 Å². The van der Waals surface area contributed by atoms with Crippen LogP contribution in [0.15, 0.2) is 23.2 Å². The number of nitrogens with zero attached hydrogens (tertiary/aromatic N) is 2. The minimum absolute atomic E-state index is 0.00855. The van der Waals surface area contributed by atoms with Crippen molar-refractivity contribution in [3.63, 3.8) is 0 Å². The number of aromatic nitrogens is 1. The zero-order chi connectivity index (χ0) is 14.8. The van der Waals surface area contributed by atoms with Gasteiger partial charge in [0.2, 0.25) is 10.0 Å².